The Bertz CT molecular complexity index is 6670. The molecule has 0 aliphatic carbocycles. The third kappa shape index (κ3) is 22.5. The van der Waals surface area contributed by atoms with Gasteiger partial charge >= 0.3 is 24.4 Å². The molecule has 0 spiro atoms. The molecule has 4 N–H and O–H groups in total. The Morgan fingerprint density at radius 2 is 0.606 bits per heavy atom. The highest BCUT2D eigenvalue weighted by Crippen LogP contribution is 2.49. The SMILES string of the molecule is C[C@@H](c1ccc(-c2ccc3cccn3n2)cc1)N1CC[C@](CC(C)(C)O)(c2ccccc2)OC1=O.C[C@@H](c1ccc(-c2ccc3ccnn3c2)cc1)N1CC[C@](CC(C)(C)O)(c2ccccc2)OC1=O.Cc1cn2nc(-c3ccc([C@H](C)N4CC[C@](CC(C)(C)O)(c5ccccc5)OC4=O)cc3)ccc2n1.Cc1nc2ccc(-c3ccc([C@H](C)N4CC[C@](CC(C)(C)O)(c5ccccc5)OC4=O)cc3)cn2n1. The molecule has 4 aliphatic rings. The molecule has 8 aromatic carbocycles. The van der Waals surface area contributed by atoms with Crippen molar-refractivity contribution in [3.63, 3.8) is 0 Å². The molecule has 4 amide bonds. The Hall–Kier alpha value is -14.7. The fraction of sp³-hybridized carbons (Fsp3) is 0.328. The number of amides is 4. The monoisotopic (exact) mass is 1910 g/mol. The minimum atomic E-state index is -0.980. The number of aliphatic hydroxyl groups is 4. The summed E-state index contributed by atoms with van der Waals surface area (Å²) in [4.78, 5) is 69.1. The number of ether oxygens (including phenoxy) is 4. The van der Waals surface area contributed by atoms with Crippen LogP contribution in [-0.2, 0) is 41.4 Å². The Kier molecular flexibility index (Phi) is 28.2. The number of aromatic nitrogens is 10. The van der Waals surface area contributed by atoms with Gasteiger partial charge in [-0.1, -0.05) is 224 Å². The quantitative estimate of drug-likeness (QED) is 0.0409. The predicted molar refractivity (Wildman–Crippen MR) is 549 cm³/mol. The molecule has 12 heterocycles. The van der Waals surface area contributed by atoms with Gasteiger partial charge < -0.3 is 59.0 Å². The van der Waals surface area contributed by atoms with Crippen LogP contribution in [0.2, 0.25) is 0 Å². The molecule has 8 aromatic heterocycles. The molecule has 16 aromatic rings. The molecule has 0 bridgehead atoms. The Labute approximate surface area is 828 Å². The number of rotatable bonds is 24. The maximum absolute atomic E-state index is 13.3. The van der Waals surface area contributed by atoms with Gasteiger partial charge in [-0.05, 0) is 213 Å². The fourth-order valence-electron chi connectivity index (χ4n) is 20.5. The fourth-order valence-corrected chi connectivity index (χ4v) is 20.5. The largest absolute Gasteiger partial charge is 0.438 e. The molecule has 20 rings (SSSR count). The van der Waals surface area contributed by atoms with E-state index in [4.69, 9.17) is 18.9 Å². The van der Waals surface area contributed by atoms with Crippen molar-refractivity contribution in [3.05, 3.63) is 372 Å². The summed E-state index contributed by atoms with van der Waals surface area (Å²) >= 11 is 0. The van der Waals surface area contributed by atoms with Crippen LogP contribution < -0.4 is 0 Å². The minimum absolute atomic E-state index is 0.138. The van der Waals surface area contributed by atoms with Crippen molar-refractivity contribution in [2.24, 2.45) is 0 Å². The van der Waals surface area contributed by atoms with Crippen LogP contribution in [0, 0.1) is 13.8 Å². The summed E-state index contributed by atoms with van der Waals surface area (Å²) in [5.74, 6) is 0.739. The number of fused-ring (bicyclic) bond motifs is 4. The van der Waals surface area contributed by atoms with Gasteiger partial charge in [0.25, 0.3) is 0 Å². The molecule has 4 fully saturated rings. The molecule has 4 saturated heterocycles. The molecule has 26 heteroatoms. The predicted octanol–water partition coefficient (Wildman–Crippen LogP) is 23.3. The van der Waals surface area contributed by atoms with Crippen LogP contribution in [0.15, 0.2) is 316 Å². The zero-order chi connectivity index (χ0) is 100. The molecule has 0 unspecified atom stereocenters. The van der Waals surface area contributed by atoms with Gasteiger partial charge in [-0.15, -0.1) is 0 Å². The van der Waals surface area contributed by atoms with E-state index in [1.165, 1.54) is 0 Å². The molecule has 4 aliphatic heterocycles. The zero-order valence-corrected chi connectivity index (χ0v) is 83.1. The summed E-state index contributed by atoms with van der Waals surface area (Å²) in [5, 5.41) is 60.4. The van der Waals surface area contributed by atoms with Crippen molar-refractivity contribution >= 4 is 46.7 Å². The van der Waals surface area contributed by atoms with E-state index >= 15 is 0 Å². The maximum atomic E-state index is 13.3. The first-order chi connectivity index (χ1) is 67.7. The Balaban J connectivity index is 0.000000130. The van der Waals surface area contributed by atoms with Crippen LogP contribution in [0.25, 0.3) is 67.1 Å². The van der Waals surface area contributed by atoms with Crippen LogP contribution in [0.3, 0.4) is 0 Å². The Morgan fingerprint density at radius 1 is 0.310 bits per heavy atom. The molecule has 8 atom stereocenters. The van der Waals surface area contributed by atoms with Crippen LogP contribution in [0.5, 0.6) is 0 Å². The van der Waals surface area contributed by atoms with Crippen LogP contribution in [-0.4, -0.2) is 161 Å². The lowest BCUT2D eigenvalue weighted by molar-refractivity contribution is -0.102. The van der Waals surface area contributed by atoms with Gasteiger partial charge in [-0.3, -0.25) is 0 Å². The summed E-state index contributed by atoms with van der Waals surface area (Å²) in [5.41, 5.74) is 13.2. The van der Waals surface area contributed by atoms with Crippen molar-refractivity contribution in [2.45, 2.75) is 217 Å². The third-order valence-corrected chi connectivity index (χ3v) is 27.5. The first-order valence-corrected chi connectivity index (χ1v) is 48.8. The van der Waals surface area contributed by atoms with E-state index in [9.17, 15) is 39.6 Å². The van der Waals surface area contributed by atoms with E-state index < -0.39 is 44.8 Å². The molecule has 0 radical (unpaired) electrons. The number of pyridine rings is 2. The van der Waals surface area contributed by atoms with Crippen molar-refractivity contribution in [3.8, 4) is 44.8 Å². The van der Waals surface area contributed by atoms with E-state index in [2.05, 4.69) is 97.1 Å². The zero-order valence-electron chi connectivity index (χ0n) is 83.1. The standard InChI is InChI=1S/2C29H32N4O3.2C29H31N3O3/c1-20(22-10-12-23(13-11-22)24-14-15-26-30-21(2)31-33(26)18-24)32-17-16-29(36-27(32)34,19-28(3,4)35)25-8-6-5-7-9-25;1-20-18-33-26(30-20)15-14-25(31-33)23-12-10-22(11-13-23)21(2)32-17-16-29(36-27(32)34,19-28(3,4)35)24-8-6-5-7-9-24;1-21(22-11-13-23(14-12-22)26-16-15-25-10-7-18-32(25)30-26)31-19-17-29(35-27(31)33,20-28(2,3)34)24-8-5-4-6-9-24;1-21(22-9-11-23(12-10-22)24-13-14-26-15-17-30-32(26)19-24)31-18-16-29(35-27(31)33,20-28(2,3)34)25-7-5-4-6-8-25/h5-15,18,20,35H,16-17,19H2,1-4H3;5-15,18,21,35H,16-17,19H2,1-4H3;4-16,18,21,34H,17,19-20H2,1-3H3;4-15,17,19,21,34H,16,18,20H2,1-3H3/t20-,29-;3*21-,29-/m0000/s1. The minimum Gasteiger partial charge on any atom is -0.438 e. The van der Waals surface area contributed by atoms with E-state index in [1.807, 2.05) is 294 Å². The van der Waals surface area contributed by atoms with Crippen LogP contribution >= 0.6 is 0 Å². The van der Waals surface area contributed by atoms with Crippen molar-refractivity contribution in [2.75, 3.05) is 26.2 Å². The highest BCUT2D eigenvalue weighted by Gasteiger charge is 2.51. The third-order valence-electron chi connectivity index (χ3n) is 27.5. The van der Waals surface area contributed by atoms with Gasteiger partial charge in [0, 0.05) is 125 Å². The number of carbonyl (C=O) groups is 4. The molecule has 142 heavy (non-hydrogen) atoms. The average Bonchev–Trinajstić information content (AvgIpc) is 0.970. The number of hydrogen-bond acceptors (Lipinski definition) is 18. The second kappa shape index (κ2) is 40.5. The van der Waals surface area contributed by atoms with Crippen LogP contribution in [0.1, 0.15) is 215 Å². The topological polar surface area (TPSA) is 294 Å². The molecule has 732 valence electrons. The van der Waals surface area contributed by atoms with Gasteiger partial charge in [-0.2, -0.15) is 20.4 Å². The lowest BCUT2D eigenvalue weighted by Crippen LogP contribution is -2.51. The smallest absolute Gasteiger partial charge is 0.411 e. The highest BCUT2D eigenvalue weighted by atomic mass is 16.6. The molecule has 26 nitrogen and oxygen atoms in total. The van der Waals surface area contributed by atoms with E-state index in [1.54, 1.807) is 90.2 Å². The number of benzene rings is 8. The summed E-state index contributed by atoms with van der Waals surface area (Å²) < 4.78 is 31.8. The number of aryl methyl sites for hydroxylation is 2. The van der Waals surface area contributed by atoms with Gasteiger partial charge in [0.15, 0.2) is 11.3 Å². The normalized spacial score (nSPS) is 19.5. The molecule has 0 saturated carbocycles. The summed E-state index contributed by atoms with van der Waals surface area (Å²) in [7, 11) is 0. The lowest BCUT2D eigenvalue weighted by atomic mass is 9.80. The van der Waals surface area contributed by atoms with Gasteiger partial charge in [0.05, 0.1) is 80.9 Å². The van der Waals surface area contributed by atoms with E-state index in [0.717, 1.165) is 123 Å². The number of imidazole rings is 1. The first kappa shape index (κ1) is 98.9. The van der Waals surface area contributed by atoms with Crippen LogP contribution in [0.4, 0.5) is 19.2 Å². The number of carbonyl (C=O) groups excluding carboxylic acids is 4. The molecular weight excluding hydrogens is 1780 g/mol. The second-order valence-electron chi connectivity index (χ2n) is 40.8. The maximum Gasteiger partial charge on any atom is 0.411 e. The lowest BCUT2D eigenvalue weighted by Gasteiger charge is -2.45. The average molecular weight is 1910 g/mol. The highest BCUT2D eigenvalue weighted by molar-refractivity contribution is 5.75. The van der Waals surface area contributed by atoms with Gasteiger partial charge in [0.2, 0.25) is 0 Å². The van der Waals surface area contributed by atoms with E-state index in [-0.39, 0.29) is 48.5 Å². The number of cyclic esters (lactones) is 4. The Morgan fingerprint density at radius 3 is 0.965 bits per heavy atom. The van der Waals surface area contributed by atoms with E-state index in [0.29, 0.717) is 77.5 Å². The summed E-state index contributed by atoms with van der Waals surface area (Å²) in [6.07, 6.45) is 11.9. The number of nitrogens with zero attached hydrogens (tertiary/aromatic N) is 14. The van der Waals surface area contributed by atoms with Crippen molar-refractivity contribution < 1.29 is 58.6 Å². The second-order valence-corrected chi connectivity index (χ2v) is 40.8. The first-order valence-electron chi connectivity index (χ1n) is 48.8. The van der Waals surface area contributed by atoms with Gasteiger partial charge in [-0.25, -0.2) is 47.2 Å². The summed E-state index contributed by atoms with van der Waals surface area (Å²) in [6, 6.07) is 93.4. The van der Waals surface area contributed by atoms with Crippen molar-refractivity contribution in [1.29, 1.82) is 0 Å². The number of hydrogen-bond donors (Lipinski definition) is 4. The van der Waals surface area contributed by atoms with Gasteiger partial charge in [0.1, 0.15) is 28.2 Å². The summed E-state index contributed by atoms with van der Waals surface area (Å²) in [6.45, 7) is 28.1. The van der Waals surface area contributed by atoms with Crippen molar-refractivity contribution in [1.82, 2.24) is 68.0 Å². The molecular formula is C116H126N14O12.